The standard InChI is InChI=1S/C19H32N2O5/c1-13(5-7-14-11-17(20-12-14)21(24)25)6-8-15(22)19(4)10-9-16(26-19)18(2,3)23/h5,11-12,15-16,20-24H,6-10H2,1-4H3. The molecule has 1 aliphatic heterocycles. The largest absolute Gasteiger partial charge is 0.594 e. The fourth-order valence-corrected chi connectivity index (χ4v) is 3.35. The number of aromatic nitrogens is 1. The minimum atomic E-state index is -0.964. The molecule has 1 saturated heterocycles. The predicted molar refractivity (Wildman–Crippen MR) is 98.1 cm³/mol. The number of H-pyrrole nitrogens is 1. The zero-order valence-electron chi connectivity index (χ0n) is 16.1. The molecule has 1 aliphatic rings. The fraction of sp³-hybridized carbons (Fsp3) is 0.684. The Labute approximate surface area is 154 Å². The summed E-state index contributed by atoms with van der Waals surface area (Å²) < 4.78 is 5.98. The van der Waals surface area contributed by atoms with Gasteiger partial charge in [-0.15, -0.1) is 0 Å². The molecule has 0 amide bonds. The van der Waals surface area contributed by atoms with E-state index in [1.54, 1.807) is 26.1 Å². The summed E-state index contributed by atoms with van der Waals surface area (Å²) in [6.07, 6.45) is 6.36. The number of rotatable bonds is 8. The Morgan fingerprint density at radius 3 is 2.81 bits per heavy atom. The van der Waals surface area contributed by atoms with Crippen molar-refractivity contribution in [3.05, 3.63) is 34.7 Å². The molecule has 7 nitrogen and oxygen atoms in total. The highest BCUT2D eigenvalue weighted by Gasteiger charge is 2.46. The summed E-state index contributed by atoms with van der Waals surface area (Å²) in [5.41, 5.74) is 0.532. The quantitative estimate of drug-likeness (QED) is 0.354. The number of allylic oxidation sites excluding steroid dienone is 2. The average molecular weight is 368 g/mol. The number of aliphatic hydroxyl groups excluding tert-OH is 1. The summed E-state index contributed by atoms with van der Waals surface area (Å²) in [6, 6.07) is 1.63. The van der Waals surface area contributed by atoms with Crippen LogP contribution in [0.4, 0.5) is 5.82 Å². The highest BCUT2D eigenvalue weighted by molar-refractivity contribution is 5.28. The zero-order chi connectivity index (χ0) is 19.5. The SMILES string of the molecule is CC(=CCc1c[nH]c([NH+]([O-])O)c1)CCC(O)C1(C)CCC(C(C)(C)O)O1. The van der Waals surface area contributed by atoms with E-state index in [9.17, 15) is 15.4 Å². The van der Waals surface area contributed by atoms with Crippen LogP contribution in [-0.4, -0.2) is 43.8 Å². The summed E-state index contributed by atoms with van der Waals surface area (Å²) in [6.45, 7) is 7.39. The van der Waals surface area contributed by atoms with Crippen molar-refractivity contribution in [2.24, 2.45) is 0 Å². The molecule has 2 rings (SSSR count). The normalized spacial score (nSPS) is 26.9. The molecule has 1 aromatic heterocycles. The van der Waals surface area contributed by atoms with Crippen LogP contribution in [0.5, 0.6) is 0 Å². The topological polar surface area (TPSA) is 113 Å². The van der Waals surface area contributed by atoms with Crippen LogP contribution in [0, 0.1) is 5.21 Å². The van der Waals surface area contributed by atoms with Gasteiger partial charge in [-0.2, -0.15) is 5.23 Å². The van der Waals surface area contributed by atoms with Gasteiger partial charge >= 0.3 is 0 Å². The Balaban J connectivity index is 1.83. The van der Waals surface area contributed by atoms with E-state index in [1.807, 2.05) is 13.8 Å². The first-order valence-electron chi connectivity index (χ1n) is 9.16. The van der Waals surface area contributed by atoms with Gasteiger partial charge in [-0.1, -0.05) is 11.6 Å². The van der Waals surface area contributed by atoms with Gasteiger partial charge in [0.1, 0.15) is 0 Å². The second-order valence-corrected chi connectivity index (χ2v) is 8.15. The Morgan fingerprint density at radius 1 is 1.58 bits per heavy atom. The number of quaternary nitrogens is 1. The van der Waals surface area contributed by atoms with Gasteiger partial charge in [0.2, 0.25) is 5.82 Å². The minimum absolute atomic E-state index is 0.189. The molecule has 4 unspecified atom stereocenters. The third kappa shape index (κ3) is 5.39. The van der Waals surface area contributed by atoms with E-state index in [4.69, 9.17) is 9.94 Å². The molecule has 0 spiro atoms. The number of nitrogens with one attached hydrogen (secondary N) is 2. The van der Waals surface area contributed by atoms with Gasteiger partial charge in [0.25, 0.3) is 0 Å². The molecule has 1 fully saturated rings. The molecule has 148 valence electrons. The first kappa shape index (κ1) is 21.1. The third-order valence-corrected chi connectivity index (χ3v) is 5.28. The third-order valence-electron chi connectivity index (χ3n) is 5.28. The van der Waals surface area contributed by atoms with E-state index in [2.05, 4.69) is 11.1 Å². The molecule has 0 radical (unpaired) electrons. The van der Waals surface area contributed by atoms with Crippen molar-refractivity contribution in [1.82, 2.24) is 4.98 Å². The lowest BCUT2D eigenvalue weighted by Gasteiger charge is -2.33. The van der Waals surface area contributed by atoms with Crippen LogP contribution in [0.25, 0.3) is 0 Å². The van der Waals surface area contributed by atoms with Gasteiger partial charge in [-0.25, -0.2) is 5.21 Å². The minimum Gasteiger partial charge on any atom is -0.594 e. The lowest BCUT2D eigenvalue weighted by molar-refractivity contribution is -0.993. The van der Waals surface area contributed by atoms with Crippen LogP contribution in [0.2, 0.25) is 0 Å². The lowest BCUT2D eigenvalue weighted by Crippen LogP contribution is -2.99. The highest BCUT2D eigenvalue weighted by atomic mass is 16.8. The van der Waals surface area contributed by atoms with Crippen molar-refractivity contribution in [2.45, 2.75) is 83.2 Å². The summed E-state index contributed by atoms with van der Waals surface area (Å²) in [5, 5.41) is 39.5. The highest BCUT2D eigenvalue weighted by Crippen LogP contribution is 2.38. The van der Waals surface area contributed by atoms with Crippen LogP contribution in [0.1, 0.15) is 58.9 Å². The van der Waals surface area contributed by atoms with Crippen molar-refractivity contribution in [3.63, 3.8) is 0 Å². The molecular weight excluding hydrogens is 336 g/mol. The number of aromatic amines is 1. The van der Waals surface area contributed by atoms with E-state index < -0.39 is 22.5 Å². The van der Waals surface area contributed by atoms with Crippen LogP contribution in [0.3, 0.4) is 0 Å². The molecule has 0 aromatic carbocycles. The zero-order valence-corrected chi connectivity index (χ0v) is 16.1. The van der Waals surface area contributed by atoms with E-state index in [-0.39, 0.29) is 11.9 Å². The summed E-state index contributed by atoms with van der Waals surface area (Å²) >= 11 is 0. The molecule has 4 atom stereocenters. The van der Waals surface area contributed by atoms with E-state index >= 15 is 0 Å². The van der Waals surface area contributed by atoms with Gasteiger partial charge in [0.15, 0.2) is 0 Å². The Morgan fingerprint density at radius 2 is 2.27 bits per heavy atom. The predicted octanol–water partition coefficient (Wildman–Crippen LogP) is 1.76. The smallest absolute Gasteiger partial charge is 0.237 e. The Kier molecular flexibility index (Phi) is 6.65. The summed E-state index contributed by atoms with van der Waals surface area (Å²) in [7, 11) is 0. The van der Waals surface area contributed by atoms with Crippen molar-refractivity contribution in [3.8, 4) is 0 Å². The van der Waals surface area contributed by atoms with E-state index in [1.165, 1.54) is 0 Å². The second kappa shape index (κ2) is 8.21. The maximum atomic E-state index is 10.9. The molecule has 26 heavy (non-hydrogen) atoms. The summed E-state index contributed by atoms with van der Waals surface area (Å²) in [4.78, 5) is 2.73. The molecule has 0 aliphatic carbocycles. The van der Waals surface area contributed by atoms with Crippen LogP contribution in [0.15, 0.2) is 23.9 Å². The Hall–Kier alpha value is -1.22. The molecular formula is C19H32N2O5. The van der Waals surface area contributed by atoms with E-state index in [0.717, 1.165) is 30.4 Å². The van der Waals surface area contributed by atoms with Gasteiger partial charge < -0.3 is 25.1 Å². The molecule has 1 aromatic rings. The number of hydrogen-bond acceptors (Lipinski definition) is 5. The summed E-state index contributed by atoms with van der Waals surface area (Å²) in [5.74, 6) is 0.189. The van der Waals surface area contributed by atoms with Crippen molar-refractivity contribution >= 4 is 5.82 Å². The van der Waals surface area contributed by atoms with Crippen molar-refractivity contribution in [2.75, 3.05) is 0 Å². The fourth-order valence-electron chi connectivity index (χ4n) is 3.35. The number of hydrogen-bond donors (Lipinski definition) is 5. The molecule has 0 bridgehead atoms. The lowest BCUT2D eigenvalue weighted by atomic mass is 9.90. The second-order valence-electron chi connectivity index (χ2n) is 8.15. The monoisotopic (exact) mass is 368 g/mol. The average Bonchev–Trinajstić information content (AvgIpc) is 3.17. The maximum absolute atomic E-state index is 10.9. The van der Waals surface area contributed by atoms with Gasteiger partial charge in [-0.05, 0) is 65.4 Å². The molecule has 7 heteroatoms. The van der Waals surface area contributed by atoms with Crippen molar-refractivity contribution < 1.29 is 25.4 Å². The maximum Gasteiger partial charge on any atom is 0.237 e. The van der Waals surface area contributed by atoms with Crippen LogP contribution >= 0.6 is 0 Å². The van der Waals surface area contributed by atoms with E-state index in [0.29, 0.717) is 12.8 Å². The first-order valence-corrected chi connectivity index (χ1v) is 9.16. The number of ether oxygens (including phenoxy) is 1. The Bertz CT molecular complexity index is 620. The van der Waals surface area contributed by atoms with Gasteiger partial charge in [0, 0.05) is 12.3 Å². The molecule has 2 heterocycles. The first-order chi connectivity index (χ1) is 12.0. The number of aliphatic hydroxyl groups is 2. The molecule has 0 saturated carbocycles. The van der Waals surface area contributed by atoms with Gasteiger partial charge in [0.05, 0.1) is 23.4 Å². The molecule has 5 N–H and O–H groups in total. The van der Waals surface area contributed by atoms with Gasteiger partial charge in [-0.3, -0.25) is 0 Å². The van der Waals surface area contributed by atoms with Crippen LogP contribution < -0.4 is 5.23 Å². The van der Waals surface area contributed by atoms with Crippen molar-refractivity contribution in [1.29, 1.82) is 0 Å². The van der Waals surface area contributed by atoms with Crippen LogP contribution in [-0.2, 0) is 11.2 Å².